The van der Waals surface area contributed by atoms with Crippen molar-refractivity contribution >= 4 is 17.3 Å². The van der Waals surface area contributed by atoms with E-state index in [-0.39, 0.29) is 6.04 Å². The number of rotatable bonds is 7. The molecule has 2 N–H and O–H groups in total. The zero-order valence-electron chi connectivity index (χ0n) is 16.8. The number of halogens is 3. The van der Waals surface area contributed by atoms with Crippen LogP contribution in [0, 0.1) is 13.8 Å². The van der Waals surface area contributed by atoms with Crippen LogP contribution in [-0.4, -0.2) is 39.9 Å². The average molecular weight is 417 g/mol. The van der Waals surface area contributed by atoms with Crippen molar-refractivity contribution in [2.75, 3.05) is 13.1 Å². The number of alkyl halides is 3. The molecule has 2 aromatic rings. The molecule has 2 heterocycles. The van der Waals surface area contributed by atoms with Crippen LogP contribution in [0.5, 0.6) is 0 Å². The first-order valence-corrected chi connectivity index (χ1v) is 10.0. The third kappa shape index (κ3) is 5.95. The second-order valence-corrected chi connectivity index (χ2v) is 7.60. The highest BCUT2D eigenvalue weighted by molar-refractivity contribution is 7.09. The van der Waals surface area contributed by atoms with Crippen LogP contribution in [-0.2, 0) is 26.1 Å². The number of guanidine groups is 1. The highest BCUT2D eigenvalue weighted by Crippen LogP contribution is 2.30. The number of aryl methyl sites for hydroxylation is 2. The van der Waals surface area contributed by atoms with Crippen molar-refractivity contribution in [3.05, 3.63) is 33.0 Å². The molecule has 0 saturated heterocycles. The number of thiazole rings is 1. The van der Waals surface area contributed by atoms with Crippen LogP contribution in [0.1, 0.15) is 41.5 Å². The van der Waals surface area contributed by atoms with Crippen LogP contribution in [0.2, 0.25) is 0 Å². The van der Waals surface area contributed by atoms with Crippen molar-refractivity contribution in [1.82, 2.24) is 25.4 Å². The normalized spacial score (nSPS) is 13.6. The Labute approximate surface area is 167 Å². The fourth-order valence-corrected chi connectivity index (χ4v) is 3.64. The van der Waals surface area contributed by atoms with Gasteiger partial charge in [0, 0.05) is 43.7 Å². The van der Waals surface area contributed by atoms with Gasteiger partial charge >= 0.3 is 6.18 Å². The van der Waals surface area contributed by atoms with Crippen molar-refractivity contribution < 1.29 is 13.2 Å². The Balaban J connectivity index is 1.95. The third-order valence-electron chi connectivity index (χ3n) is 4.33. The molecule has 10 heteroatoms. The van der Waals surface area contributed by atoms with Crippen LogP contribution >= 0.6 is 11.3 Å². The molecule has 0 amide bonds. The van der Waals surface area contributed by atoms with Gasteiger partial charge in [-0.1, -0.05) is 0 Å². The summed E-state index contributed by atoms with van der Waals surface area (Å²) in [7, 11) is 1.93. The Kier molecular flexibility index (Phi) is 7.45. The van der Waals surface area contributed by atoms with Gasteiger partial charge in [0.2, 0.25) is 0 Å². The summed E-state index contributed by atoms with van der Waals surface area (Å²) in [6, 6.07) is 0.121. The maximum Gasteiger partial charge on any atom is 0.434 e. The van der Waals surface area contributed by atoms with Gasteiger partial charge in [-0.15, -0.1) is 11.3 Å². The molecular formula is C18H27F3N6S. The van der Waals surface area contributed by atoms with Gasteiger partial charge in [-0.05, 0) is 39.7 Å². The molecule has 0 aliphatic rings. The average Bonchev–Trinajstić information content (AvgIpc) is 3.16. The molecule has 0 bridgehead atoms. The molecule has 0 aliphatic heterocycles. The number of nitrogens with zero attached hydrogens (tertiary/aromatic N) is 4. The van der Waals surface area contributed by atoms with E-state index >= 15 is 0 Å². The largest absolute Gasteiger partial charge is 0.434 e. The Bertz CT molecular complexity index is 809. The first kappa shape index (κ1) is 22.2. The molecule has 0 saturated carbocycles. The predicted octanol–water partition coefficient (Wildman–Crippen LogP) is 3.24. The zero-order chi connectivity index (χ0) is 20.9. The van der Waals surface area contributed by atoms with E-state index in [1.807, 2.05) is 32.5 Å². The third-order valence-corrected chi connectivity index (χ3v) is 5.24. The lowest BCUT2D eigenvalue weighted by atomic mass is 10.1. The van der Waals surface area contributed by atoms with Crippen LogP contribution in [0.15, 0.2) is 10.4 Å². The molecule has 1 unspecified atom stereocenters. The van der Waals surface area contributed by atoms with Gasteiger partial charge in [0.1, 0.15) is 0 Å². The molecule has 0 spiro atoms. The zero-order valence-corrected chi connectivity index (χ0v) is 17.6. The standard InChI is InChI=1S/C18H27F3N6S/c1-6-22-17(23-8-7-16-25-15(10-28-16)18(19,20)21)24-11(2)9-14-12(3)26-27(5)13(14)4/h10-11H,6-9H2,1-5H3,(H2,22,23,24). The van der Waals surface area contributed by atoms with Crippen LogP contribution in [0.3, 0.4) is 0 Å². The summed E-state index contributed by atoms with van der Waals surface area (Å²) in [5, 5.41) is 12.4. The number of hydrogen-bond acceptors (Lipinski definition) is 4. The highest BCUT2D eigenvalue weighted by atomic mass is 32.1. The first-order valence-electron chi connectivity index (χ1n) is 9.17. The van der Waals surface area contributed by atoms with E-state index in [0.717, 1.165) is 34.5 Å². The van der Waals surface area contributed by atoms with Crippen LogP contribution < -0.4 is 10.6 Å². The van der Waals surface area contributed by atoms with Crippen molar-refractivity contribution in [1.29, 1.82) is 0 Å². The van der Waals surface area contributed by atoms with E-state index in [1.54, 1.807) is 0 Å². The van der Waals surface area contributed by atoms with E-state index in [2.05, 4.69) is 32.6 Å². The SMILES string of the molecule is CCNC(=NCCc1nc(C(F)(F)F)cs1)NC(C)Cc1c(C)nn(C)c1C. The molecule has 0 radical (unpaired) electrons. The lowest BCUT2D eigenvalue weighted by Gasteiger charge is -2.18. The first-order chi connectivity index (χ1) is 13.1. The quantitative estimate of drug-likeness (QED) is 0.537. The van der Waals surface area contributed by atoms with Gasteiger partial charge in [0.15, 0.2) is 11.7 Å². The summed E-state index contributed by atoms with van der Waals surface area (Å²) in [6.07, 6.45) is -3.23. The second kappa shape index (κ2) is 9.40. The fraction of sp³-hybridized carbons (Fsp3) is 0.611. The molecule has 0 aromatic carbocycles. The molecule has 2 rings (SSSR count). The summed E-state index contributed by atoms with van der Waals surface area (Å²) in [4.78, 5) is 8.11. The Hall–Kier alpha value is -2.10. The van der Waals surface area contributed by atoms with Gasteiger partial charge in [0.25, 0.3) is 0 Å². The van der Waals surface area contributed by atoms with Crippen LogP contribution in [0.25, 0.3) is 0 Å². The van der Waals surface area contributed by atoms with Gasteiger partial charge in [-0.3, -0.25) is 9.67 Å². The van der Waals surface area contributed by atoms with Crippen molar-refractivity contribution in [2.24, 2.45) is 12.0 Å². The summed E-state index contributed by atoms with van der Waals surface area (Å²) in [6.45, 7) is 9.13. The Morgan fingerprint density at radius 1 is 1.36 bits per heavy atom. The molecular weight excluding hydrogens is 389 g/mol. The lowest BCUT2D eigenvalue weighted by Crippen LogP contribution is -2.43. The second-order valence-electron chi connectivity index (χ2n) is 6.66. The van der Waals surface area contributed by atoms with Crippen LogP contribution in [0.4, 0.5) is 13.2 Å². The summed E-state index contributed by atoms with van der Waals surface area (Å²) < 4.78 is 39.7. The fourth-order valence-electron chi connectivity index (χ4n) is 2.84. The Morgan fingerprint density at radius 2 is 2.07 bits per heavy atom. The smallest absolute Gasteiger partial charge is 0.357 e. The monoisotopic (exact) mass is 416 g/mol. The molecule has 0 aliphatic carbocycles. The minimum absolute atomic E-state index is 0.121. The number of aliphatic imine (C=N–C) groups is 1. The minimum atomic E-state index is -4.40. The predicted molar refractivity (Wildman–Crippen MR) is 106 cm³/mol. The molecule has 156 valence electrons. The molecule has 0 fully saturated rings. The minimum Gasteiger partial charge on any atom is -0.357 e. The number of nitrogens with one attached hydrogen (secondary N) is 2. The van der Waals surface area contributed by atoms with E-state index in [9.17, 15) is 13.2 Å². The highest BCUT2D eigenvalue weighted by Gasteiger charge is 2.33. The number of hydrogen-bond donors (Lipinski definition) is 2. The lowest BCUT2D eigenvalue weighted by molar-refractivity contribution is -0.140. The molecule has 2 aromatic heterocycles. The molecule has 6 nitrogen and oxygen atoms in total. The van der Waals surface area contributed by atoms with E-state index < -0.39 is 11.9 Å². The van der Waals surface area contributed by atoms with Crippen molar-refractivity contribution in [3.8, 4) is 0 Å². The summed E-state index contributed by atoms with van der Waals surface area (Å²) in [5.74, 6) is 0.641. The summed E-state index contributed by atoms with van der Waals surface area (Å²) >= 11 is 1.01. The molecule has 28 heavy (non-hydrogen) atoms. The van der Waals surface area contributed by atoms with Crippen molar-refractivity contribution in [3.63, 3.8) is 0 Å². The van der Waals surface area contributed by atoms with Crippen molar-refractivity contribution in [2.45, 2.75) is 52.8 Å². The topological polar surface area (TPSA) is 67.1 Å². The Morgan fingerprint density at radius 3 is 2.61 bits per heavy atom. The maximum absolute atomic E-state index is 12.6. The van der Waals surface area contributed by atoms with E-state index in [1.165, 1.54) is 5.56 Å². The van der Waals surface area contributed by atoms with Gasteiger partial charge in [0.05, 0.1) is 10.7 Å². The maximum atomic E-state index is 12.6. The van der Waals surface area contributed by atoms with Gasteiger partial charge in [-0.2, -0.15) is 18.3 Å². The molecule has 1 atom stereocenters. The van der Waals surface area contributed by atoms with Gasteiger partial charge in [-0.25, -0.2) is 4.98 Å². The number of aromatic nitrogens is 3. The summed E-state index contributed by atoms with van der Waals surface area (Å²) in [5.41, 5.74) is 2.52. The van der Waals surface area contributed by atoms with Gasteiger partial charge < -0.3 is 10.6 Å². The van der Waals surface area contributed by atoms with E-state index in [4.69, 9.17) is 0 Å². The van der Waals surface area contributed by atoms with E-state index in [0.29, 0.717) is 30.5 Å².